The third-order valence-electron chi connectivity index (χ3n) is 3.73. The van der Waals surface area contributed by atoms with E-state index in [1.165, 1.54) is 0 Å². The van der Waals surface area contributed by atoms with Gasteiger partial charge in [0, 0.05) is 12.2 Å². The first-order valence-electron chi connectivity index (χ1n) is 6.82. The van der Waals surface area contributed by atoms with E-state index in [-0.39, 0.29) is 11.9 Å². The third-order valence-corrected chi connectivity index (χ3v) is 3.73. The minimum Gasteiger partial charge on any atom is -0.389 e. The number of rotatable bonds is 5. The Balaban J connectivity index is 1.80. The number of anilines is 1. The molecule has 0 heterocycles. The number of nitrogens with one attached hydrogen (secondary N) is 2. The first-order chi connectivity index (χ1) is 8.98. The van der Waals surface area contributed by atoms with E-state index >= 15 is 0 Å². The molecule has 4 heteroatoms. The largest absolute Gasteiger partial charge is 0.389 e. The molecule has 1 atom stereocenters. The molecule has 1 unspecified atom stereocenters. The molecule has 104 valence electrons. The molecule has 0 aromatic heterocycles. The SMILES string of the molecule is Cc1ccc(NC(=O)C(C)NCC2(O)CCC2)cc1. The summed E-state index contributed by atoms with van der Waals surface area (Å²) in [6.07, 6.45) is 2.72. The van der Waals surface area contributed by atoms with Crippen LogP contribution in [0.1, 0.15) is 31.7 Å². The Kier molecular flexibility index (Phi) is 4.22. The fourth-order valence-electron chi connectivity index (χ4n) is 2.08. The maximum atomic E-state index is 12.0. The molecule has 1 aliphatic rings. The standard InChI is InChI=1S/C15H22N2O2/c1-11-4-6-13(7-5-11)17-14(18)12(2)16-10-15(19)8-3-9-15/h4-7,12,16,19H,3,8-10H2,1-2H3,(H,17,18). The van der Waals surface area contributed by atoms with Gasteiger partial charge in [0.15, 0.2) is 0 Å². The highest BCUT2D eigenvalue weighted by molar-refractivity contribution is 5.94. The van der Waals surface area contributed by atoms with Gasteiger partial charge in [-0.25, -0.2) is 0 Å². The van der Waals surface area contributed by atoms with Gasteiger partial charge in [0.05, 0.1) is 11.6 Å². The second-order valence-electron chi connectivity index (χ2n) is 5.54. The second-order valence-corrected chi connectivity index (χ2v) is 5.54. The van der Waals surface area contributed by atoms with Crippen LogP contribution in [0.25, 0.3) is 0 Å². The Morgan fingerprint density at radius 2 is 2.00 bits per heavy atom. The van der Waals surface area contributed by atoms with Crippen LogP contribution in [0.3, 0.4) is 0 Å². The molecule has 1 saturated carbocycles. The normalized spacial score (nSPS) is 18.5. The molecule has 1 aromatic rings. The average molecular weight is 262 g/mol. The molecule has 1 aliphatic carbocycles. The van der Waals surface area contributed by atoms with Crippen molar-refractivity contribution in [1.82, 2.24) is 5.32 Å². The van der Waals surface area contributed by atoms with Crippen LogP contribution in [-0.2, 0) is 4.79 Å². The van der Waals surface area contributed by atoms with Gasteiger partial charge in [0.25, 0.3) is 0 Å². The molecule has 2 rings (SSSR count). The van der Waals surface area contributed by atoms with Crippen LogP contribution < -0.4 is 10.6 Å². The van der Waals surface area contributed by atoms with Gasteiger partial charge in [-0.1, -0.05) is 17.7 Å². The fraction of sp³-hybridized carbons (Fsp3) is 0.533. The van der Waals surface area contributed by atoms with Crippen molar-refractivity contribution in [2.45, 2.75) is 44.8 Å². The molecule has 0 bridgehead atoms. The number of carbonyl (C=O) groups excluding carboxylic acids is 1. The van der Waals surface area contributed by atoms with Crippen molar-refractivity contribution in [3.05, 3.63) is 29.8 Å². The summed E-state index contributed by atoms with van der Waals surface area (Å²) in [5, 5.41) is 15.9. The molecule has 3 N–H and O–H groups in total. The molecule has 1 amide bonds. The number of aliphatic hydroxyl groups is 1. The molecule has 1 fully saturated rings. The zero-order valence-electron chi connectivity index (χ0n) is 11.6. The molecule has 0 radical (unpaired) electrons. The molecule has 1 aromatic carbocycles. The predicted octanol–water partition coefficient (Wildman–Crippen LogP) is 1.83. The summed E-state index contributed by atoms with van der Waals surface area (Å²) in [4.78, 5) is 12.0. The zero-order chi connectivity index (χ0) is 13.9. The molecular formula is C15H22N2O2. The van der Waals surface area contributed by atoms with Crippen LogP contribution in [0.4, 0.5) is 5.69 Å². The number of hydrogen-bond acceptors (Lipinski definition) is 3. The Hall–Kier alpha value is -1.39. The fourth-order valence-corrected chi connectivity index (χ4v) is 2.08. The maximum absolute atomic E-state index is 12.0. The number of amides is 1. The summed E-state index contributed by atoms with van der Waals surface area (Å²) in [6.45, 7) is 4.30. The molecule has 0 spiro atoms. The average Bonchev–Trinajstić information content (AvgIpc) is 2.36. The van der Waals surface area contributed by atoms with Crippen molar-refractivity contribution < 1.29 is 9.90 Å². The van der Waals surface area contributed by atoms with Crippen LogP contribution in [0.15, 0.2) is 24.3 Å². The van der Waals surface area contributed by atoms with E-state index in [1.54, 1.807) is 0 Å². The van der Waals surface area contributed by atoms with E-state index in [2.05, 4.69) is 10.6 Å². The predicted molar refractivity (Wildman–Crippen MR) is 76.1 cm³/mol. The van der Waals surface area contributed by atoms with Gasteiger partial charge >= 0.3 is 0 Å². The van der Waals surface area contributed by atoms with E-state index < -0.39 is 5.60 Å². The summed E-state index contributed by atoms with van der Waals surface area (Å²) < 4.78 is 0. The van der Waals surface area contributed by atoms with Gasteiger partial charge in [-0.2, -0.15) is 0 Å². The minimum absolute atomic E-state index is 0.0771. The van der Waals surface area contributed by atoms with Gasteiger partial charge < -0.3 is 15.7 Å². The van der Waals surface area contributed by atoms with Crippen molar-refractivity contribution in [2.24, 2.45) is 0 Å². The Labute approximate surface area is 114 Å². The van der Waals surface area contributed by atoms with Gasteiger partial charge in [-0.3, -0.25) is 4.79 Å². The highest BCUT2D eigenvalue weighted by Crippen LogP contribution is 2.30. The van der Waals surface area contributed by atoms with E-state index in [0.717, 1.165) is 30.5 Å². The Morgan fingerprint density at radius 1 is 1.37 bits per heavy atom. The monoisotopic (exact) mass is 262 g/mol. The lowest BCUT2D eigenvalue weighted by Gasteiger charge is -2.37. The van der Waals surface area contributed by atoms with E-state index in [0.29, 0.717) is 6.54 Å². The lowest BCUT2D eigenvalue weighted by Crippen LogP contribution is -2.50. The third kappa shape index (κ3) is 3.78. The summed E-state index contributed by atoms with van der Waals surface area (Å²) in [5.41, 5.74) is 1.36. The van der Waals surface area contributed by atoms with Crippen LogP contribution >= 0.6 is 0 Å². The highest BCUT2D eigenvalue weighted by Gasteiger charge is 2.34. The Bertz CT molecular complexity index is 438. The second kappa shape index (κ2) is 5.72. The summed E-state index contributed by atoms with van der Waals surface area (Å²) in [5.74, 6) is -0.0771. The van der Waals surface area contributed by atoms with Crippen LogP contribution in [-0.4, -0.2) is 29.2 Å². The zero-order valence-corrected chi connectivity index (χ0v) is 11.6. The van der Waals surface area contributed by atoms with Crippen LogP contribution in [0.5, 0.6) is 0 Å². The van der Waals surface area contributed by atoms with Gasteiger partial charge in [0.2, 0.25) is 5.91 Å². The molecule has 0 saturated heterocycles. The lowest BCUT2D eigenvalue weighted by molar-refractivity contribution is -0.118. The Morgan fingerprint density at radius 3 is 2.53 bits per heavy atom. The van der Waals surface area contributed by atoms with Crippen molar-refractivity contribution in [3.8, 4) is 0 Å². The quantitative estimate of drug-likeness (QED) is 0.758. The lowest BCUT2D eigenvalue weighted by atomic mass is 9.80. The highest BCUT2D eigenvalue weighted by atomic mass is 16.3. The summed E-state index contributed by atoms with van der Waals surface area (Å²) in [6, 6.07) is 7.39. The summed E-state index contributed by atoms with van der Waals surface area (Å²) >= 11 is 0. The topological polar surface area (TPSA) is 61.4 Å². The van der Waals surface area contributed by atoms with E-state index in [9.17, 15) is 9.90 Å². The molecular weight excluding hydrogens is 240 g/mol. The molecule has 0 aliphatic heterocycles. The van der Waals surface area contributed by atoms with Crippen molar-refractivity contribution >= 4 is 11.6 Å². The van der Waals surface area contributed by atoms with Gasteiger partial charge in [-0.05, 0) is 45.2 Å². The van der Waals surface area contributed by atoms with E-state index in [4.69, 9.17) is 0 Å². The van der Waals surface area contributed by atoms with E-state index in [1.807, 2.05) is 38.1 Å². The minimum atomic E-state index is -0.599. The number of hydrogen-bond donors (Lipinski definition) is 3. The first-order valence-corrected chi connectivity index (χ1v) is 6.82. The van der Waals surface area contributed by atoms with Crippen molar-refractivity contribution in [2.75, 3.05) is 11.9 Å². The van der Waals surface area contributed by atoms with Gasteiger partial charge in [-0.15, -0.1) is 0 Å². The van der Waals surface area contributed by atoms with Crippen LogP contribution in [0.2, 0.25) is 0 Å². The molecule has 19 heavy (non-hydrogen) atoms. The summed E-state index contributed by atoms with van der Waals surface area (Å²) in [7, 11) is 0. The van der Waals surface area contributed by atoms with Crippen LogP contribution in [0, 0.1) is 6.92 Å². The smallest absolute Gasteiger partial charge is 0.241 e. The number of benzene rings is 1. The molecule has 4 nitrogen and oxygen atoms in total. The maximum Gasteiger partial charge on any atom is 0.241 e. The van der Waals surface area contributed by atoms with Crippen molar-refractivity contribution in [1.29, 1.82) is 0 Å². The number of aryl methyl sites for hydroxylation is 1. The van der Waals surface area contributed by atoms with Crippen molar-refractivity contribution in [3.63, 3.8) is 0 Å². The van der Waals surface area contributed by atoms with Gasteiger partial charge in [0.1, 0.15) is 0 Å². The first kappa shape index (κ1) is 14.0. The number of carbonyl (C=O) groups is 1.